The van der Waals surface area contributed by atoms with Gasteiger partial charge in [0.2, 0.25) is 0 Å². The Balaban J connectivity index is 1.36. The SMILES string of the molecule is O=C(CCCNC(=O)c1ccccc1)OCc1cc2ccccc2o1. The van der Waals surface area contributed by atoms with E-state index in [2.05, 4.69) is 5.32 Å². The van der Waals surface area contributed by atoms with Gasteiger partial charge in [-0.3, -0.25) is 9.59 Å². The summed E-state index contributed by atoms with van der Waals surface area (Å²) in [6.45, 7) is 0.539. The Kier molecular flexibility index (Phi) is 5.46. The van der Waals surface area contributed by atoms with E-state index in [-0.39, 0.29) is 24.9 Å². The fraction of sp³-hybridized carbons (Fsp3) is 0.200. The molecule has 0 saturated carbocycles. The first-order chi connectivity index (χ1) is 12.2. The van der Waals surface area contributed by atoms with Crippen LogP contribution in [0.1, 0.15) is 29.0 Å². The van der Waals surface area contributed by atoms with Crippen LogP contribution >= 0.6 is 0 Å². The third kappa shape index (κ3) is 4.70. The maximum atomic E-state index is 11.8. The standard InChI is InChI=1S/C20H19NO4/c22-19(11-6-12-21-20(23)15-7-2-1-3-8-15)24-14-17-13-16-9-4-5-10-18(16)25-17/h1-5,7-10,13H,6,11-12,14H2,(H,21,23). The highest BCUT2D eigenvalue weighted by Gasteiger charge is 2.08. The van der Waals surface area contributed by atoms with Crippen LogP contribution in [0.4, 0.5) is 0 Å². The minimum Gasteiger partial charge on any atom is -0.457 e. The van der Waals surface area contributed by atoms with Gasteiger partial charge in [0.1, 0.15) is 18.0 Å². The van der Waals surface area contributed by atoms with Gasteiger partial charge >= 0.3 is 5.97 Å². The van der Waals surface area contributed by atoms with Gasteiger partial charge in [0, 0.05) is 23.9 Å². The van der Waals surface area contributed by atoms with Gasteiger partial charge in [-0.05, 0) is 30.7 Å². The molecule has 0 spiro atoms. The molecule has 0 aliphatic carbocycles. The fourth-order valence-electron chi connectivity index (χ4n) is 2.46. The van der Waals surface area contributed by atoms with Gasteiger partial charge in [-0.1, -0.05) is 36.4 Å². The molecule has 5 heteroatoms. The van der Waals surface area contributed by atoms with Crippen LogP contribution in [0, 0.1) is 0 Å². The first-order valence-corrected chi connectivity index (χ1v) is 8.19. The summed E-state index contributed by atoms with van der Waals surface area (Å²) in [6, 6.07) is 18.5. The second-order valence-electron chi connectivity index (χ2n) is 5.64. The van der Waals surface area contributed by atoms with Crippen molar-refractivity contribution < 1.29 is 18.7 Å². The van der Waals surface area contributed by atoms with Crippen molar-refractivity contribution in [2.45, 2.75) is 19.4 Å². The molecule has 1 amide bonds. The van der Waals surface area contributed by atoms with Crippen LogP contribution in [0.25, 0.3) is 11.0 Å². The number of nitrogens with one attached hydrogen (secondary N) is 1. The molecule has 0 saturated heterocycles. The molecule has 0 aliphatic rings. The first-order valence-electron chi connectivity index (χ1n) is 8.19. The summed E-state index contributed by atoms with van der Waals surface area (Å²) in [5.41, 5.74) is 1.38. The van der Waals surface area contributed by atoms with Crippen molar-refractivity contribution in [2.75, 3.05) is 6.54 Å². The first kappa shape index (κ1) is 16.8. The van der Waals surface area contributed by atoms with Crippen molar-refractivity contribution in [2.24, 2.45) is 0 Å². The van der Waals surface area contributed by atoms with E-state index in [0.717, 1.165) is 11.0 Å². The van der Waals surface area contributed by atoms with Gasteiger partial charge in [-0.2, -0.15) is 0 Å². The van der Waals surface area contributed by atoms with E-state index in [0.29, 0.717) is 24.3 Å². The Hall–Kier alpha value is -3.08. The highest BCUT2D eigenvalue weighted by Crippen LogP contribution is 2.19. The van der Waals surface area contributed by atoms with E-state index in [1.807, 2.05) is 48.5 Å². The van der Waals surface area contributed by atoms with Crippen molar-refractivity contribution in [3.8, 4) is 0 Å². The van der Waals surface area contributed by atoms with E-state index in [1.165, 1.54) is 0 Å². The zero-order valence-corrected chi connectivity index (χ0v) is 13.7. The van der Waals surface area contributed by atoms with Crippen molar-refractivity contribution in [1.29, 1.82) is 0 Å². The molecule has 3 aromatic rings. The lowest BCUT2D eigenvalue weighted by Gasteiger charge is -2.05. The number of esters is 1. The molecule has 0 atom stereocenters. The topological polar surface area (TPSA) is 68.5 Å². The molecule has 0 bridgehead atoms. The number of rotatable bonds is 7. The largest absolute Gasteiger partial charge is 0.457 e. The maximum Gasteiger partial charge on any atom is 0.306 e. The van der Waals surface area contributed by atoms with E-state index >= 15 is 0 Å². The number of ether oxygens (including phenoxy) is 1. The van der Waals surface area contributed by atoms with Crippen LogP contribution in [0.3, 0.4) is 0 Å². The number of benzene rings is 2. The molecule has 1 heterocycles. The van der Waals surface area contributed by atoms with E-state index in [1.54, 1.807) is 12.1 Å². The lowest BCUT2D eigenvalue weighted by Crippen LogP contribution is -2.24. The Morgan fingerprint density at radius 3 is 2.56 bits per heavy atom. The highest BCUT2D eigenvalue weighted by molar-refractivity contribution is 5.94. The Morgan fingerprint density at radius 1 is 1.00 bits per heavy atom. The number of hydrogen-bond acceptors (Lipinski definition) is 4. The Morgan fingerprint density at radius 2 is 1.76 bits per heavy atom. The smallest absolute Gasteiger partial charge is 0.306 e. The summed E-state index contributed by atoms with van der Waals surface area (Å²) >= 11 is 0. The molecule has 1 aromatic heterocycles. The summed E-state index contributed by atoms with van der Waals surface area (Å²) in [7, 11) is 0. The summed E-state index contributed by atoms with van der Waals surface area (Å²) in [5, 5.41) is 3.76. The predicted octanol–water partition coefficient (Wildman–Crippen LogP) is 3.69. The van der Waals surface area contributed by atoms with Crippen LogP contribution in [0.5, 0.6) is 0 Å². The molecule has 1 N–H and O–H groups in total. The quantitative estimate of drug-likeness (QED) is 0.527. The lowest BCUT2D eigenvalue weighted by molar-refractivity contribution is -0.145. The molecular formula is C20H19NO4. The lowest BCUT2D eigenvalue weighted by atomic mass is 10.2. The number of para-hydroxylation sites is 1. The van der Waals surface area contributed by atoms with Gasteiger partial charge < -0.3 is 14.5 Å². The number of carbonyl (C=O) groups is 2. The number of carbonyl (C=O) groups excluding carboxylic acids is 2. The average molecular weight is 337 g/mol. The number of amides is 1. The highest BCUT2D eigenvalue weighted by atomic mass is 16.5. The van der Waals surface area contributed by atoms with Crippen molar-refractivity contribution in [3.63, 3.8) is 0 Å². The van der Waals surface area contributed by atoms with Gasteiger partial charge in [0.15, 0.2) is 0 Å². The fourth-order valence-corrected chi connectivity index (χ4v) is 2.46. The van der Waals surface area contributed by atoms with Gasteiger partial charge in [-0.15, -0.1) is 0 Å². The Bertz CT molecular complexity index is 821. The molecular weight excluding hydrogens is 318 g/mol. The summed E-state index contributed by atoms with van der Waals surface area (Å²) in [5.74, 6) is 0.164. The molecule has 0 aliphatic heterocycles. The van der Waals surface area contributed by atoms with Gasteiger partial charge in [0.25, 0.3) is 5.91 Å². The molecule has 0 unspecified atom stereocenters. The van der Waals surface area contributed by atoms with Crippen molar-refractivity contribution >= 4 is 22.8 Å². The van der Waals surface area contributed by atoms with Crippen LogP contribution in [0.15, 0.2) is 65.1 Å². The van der Waals surface area contributed by atoms with Crippen LogP contribution < -0.4 is 5.32 Å². The third-order valence-corrected chi connectivity index (χ3v) is 3.73. The van der Waals surface area contributed by atoms with Crippen LogP contribution in [0.2, 0.25) is 0 Å². The monoisotopic (exact) mass is 337 g/mol. The van der Waals surface area contributed by atoms with Gasteiger partial charge in [-0.25, -0.2) is 0 Å². The normalized spacial score (nSPS) is 10.6. The minimum atomic E-state index is -0.311. The van der Waals surface area contributed by atoms with E-state index in [9.17, 15) is 9.59 Å². The maximum absolute atomic E-state index is 11.8. The van der Waals surface area contributed by atoms with E-state index < -0.39 is 0 Å². The van der Waals surface area contributed by atoms with Crippen molar-refractivity contribution in [1.82, 2.24) is 5.32 Å². The molecule has 5 nitrogen and oxygen atoms in total. The Labute approximate surface area is 145 Å². The molecule has 3 rings (SSSR count). The van der Waals surface area contributed by atoms with Crippen molar-refractivity contribution in [3.05, 3.63) is 72.0 Å². The van der Waals surface area contributed by atoms with Crippen LogP contribution in [-0.2, 0) is 16.1 Å². The average Bonchev–Trinajstić information content (AvgIpc) is 3.07. The summed E-state index contributed by atoms with van der Waals surface area (Å²) in [6.07, 6.45) is 0.771. The predicted molar refractivity (Wildman–Crippen MR) is 94.0 cm³/mol. The van der Waals surface area contributed by atoms with Gasteiger partial charge in [0.05, 0.1) is 0 Å². The minimum absolute atomic E-state index is 0.115. The van der Waals surface area contributed by atoms with E-state index in [4.69, 9.17) is 9.15 Å². The summed E-state index contributed by atoms with van der Waals surface area (Å²) < 4.78 is 10.8. The summed E-state index contributed by atoms with van der Waals surface area (Å²) in [4.78, 5) is 23.6. The number of fused-ring (bicyclic) bond motifs is 1. The van der Waals surface area contributed by atoms with Crippen LogP contribution in [-0.4, -0.2) is 18.4 Å². The number of hydrogen-bond donors (Lipinski definition) is 1. The second kappa shape index (κ2) is 8.15. The zero-order valence-electron chi connectivity index (χ0n) is 13.7. The second-order valence-corrected chi connectivity index (χ2v) is 5.64. The zero-order chi connectivity index (χ0) is 17.5. The molecule has 0 radical (unpaired) electrons. The number of furan rings is 1. The molecule has 2 aromatic carbocycles. The molecule has 128 valence electrons. The molecule has 0 fully saturated rings. The third-order valence-electron chi connectivity index (χ3n) is 3.73. The molecule has 25 heavy (non-hydrogen) atoms.